The number of rotatable bonds is 3. The molecule has 2 unspecified atom stereocenters. The first-order valence-corrected chi connectivity index (χ1v) is 7.56. The van der Waals surface area contributed by atoms with Crippen LogP contribution < -0.4 is 5.32 Å². The minimum Gasteiger partial charge on any atom is -0.379 e. The van der Waals surface area contributed by atoms with Crippen molar-refractivity contribution in [3.63, 3.8) is 0 Å². The molecule has 0 saturated heterocycles. The van der Waals surface area contributed by atoms with Crippen molar-refractivity contribution < 1.29 is 17.9 Å². The van der Waals surface area contributed by atoms with Gasteiger partial charge in [-0.25, -0.2) is 4.98 Å². The normalized spacial score (nSPS) is 22.9. The van der Waals surface area contributed by atoms with E-state index >= 15 is 0 Å². The topological polar surface area (TPSA) is 34.1 Å². The van der Waals surface area contributed by atoms with Gasteiger partial charge >= 0.3 is 6.18 Å². The number of nitrogens with zero attached hydrogens (tertiary/aromatic N) is 1. The lowest BCUT2D eigenvalue weighted by Crippen LogP contribution is -2.29. The van der Waals surface area contributed by atoms with Gasteiger partial charge in [0.05, 0.1) is 27.9 Å². The van der Waals surface area contributed by atoms with E-state index in [1.165, 1.54) is 17.4 Å². The predicted molar refractivity (Wildman–Crippen MR) is 76.7 cm³/mol. The van der Waals surface area contributed by atoms with Crippen LogP contribution in [0.25, 0.3) is 10.2 Å². The van der Waals surface area contributed by atoms with E-state index in [9.17, 15) is 13.2 Å². The third kappa shape index (κ3) is 2.98. The van der Waals surface area contributed by atoms with Gasteiger partial charge in [0.15, 0.2) is 5.13 Å². The van der Waals surface area contributed by atoms with Crippen molar-refractivity contribution >= 4 is 26.7 Å². The number of thiazole rings is 1. The van der Waals surface area contributed by atoms with Gasteiger partial charge in [-0.1, -0.05) is 11.3 Å². The van der Waals surface area contributed by atoms with E-state index in [1.54, 1.807) is 7.11 Å². The highest BCUT2D eigenvalue weighted by Crippen LogP contribution is 2.35. The van der Waals surface area contributed by atoms with Crippen LogP contribution in [0.3, 0.4) is 0 Å². The lowest BCUT2D eigenvalue weighted by Gasteiger charge is -2.18. The molecule has 0 spiro atoms. The molecule has 0 radical (unpaired) electrons. The van der Waals surface area contributed by atoms with E-state index in [1.807, 2.05) is 0 Å². The second-order valence-electron chi connectivity index (χ2n) is 5.16. The van der Waals surface area contributed by atoms with Crippen molar-refractivity contribution in [1.82, 2.24) is 4.98 Å². The Labute approximate surface area is 124 Å². The van der Waals surface area contributed by atoms with Gasteiger partial charge in [-0.15, -0.1) is 0 Å². The maximum atomic E-state index is 12.7. The van der Waals surface area contributed by atoms with Crippen LogP contribution in [0.15, 0.2) is 18.2 Å². The number of fused-ring (bicyclic) bond motifs is 1. The Morgan fingerprint density at radius 1 is 1.33 bits per heavy atom. The van der Waals surface area contributed by atoms with E-state index in [0.29, 0.717) is 10.6 Å². The molecule has 1 fully saturated rings. The van der Waals surface area contributed by atoms with Crippen molar-refractivity contribution in [1.29, 1.82) is 0 Å². The molecule has 1 heterocycles. The summed E-state index contributed by atoms with van der Waals surface area (Å²) < 4.78 is 44.2. The van der Waals surface area contributed by atoms with Gasteiger partial charge in [0, 0.05) is 7.11 Å². The third-order valence-electron chi connectivity index (χ3n) is 3.78. The first-order valence-electron chi connectivity index (χ1n) is 6.74. The minimum absolute atomic E-state index is 0.141. The van der Waals surface area contributed by atoms with Crippen molar-refractivity contribution in [2.75, 3.05) is 12.4 Å². The molecule has 2 aromatic rings. The SMILES string of the molecule is COC1CCCC1Nc1nc2cc(C(F)(F)F)ccc2s1. The Balaban J connectivity index is 1.84. The van der Waals surface area contributed by atoms with E-state index in [4.69, 9.17) is 4.74 Å². The molecule has 1 aromatic heterocycles. The van der Waals surface area contributed by atoms with Gasteiger partial charge in [-0.3, -0.25) is 0 Å². The fourth-order valence-corrected chi connectivity index (χ4v) is 3.61. The number of methoxy groups -OCH3 is 1. The Hall–Kier alpha value is -1.34. The number of hydrogen-bond donors (Lipinski definition) is 1. The Kier molecular flexibility index (Phi) is 3.79. The second-order valence-corrected chi connectivity index (χ2v) is 6.19. The number of alkyl halides is 3. The molecule has 1 aromatic carbocycles. The monoisotopic (exact) mass is 316 g/mol. The van der Waals surface area contributed by atoms with Gasteiger partial charge in [-0.05, 0) is 37.5 Å². The summed E-state index contributed by atoms with van der Waals surface area (Å²) in [6.07, 6.45) is -1.13. The highest BCUT2D eigenvalue weighted by atomic mass is 32.1. The molecule has 1 N–H and O–H groups in total. The van der Waals surface area contributed by atoms with Crippen molar-refractivity contribution in [3.05, 3.63) is 23.8 Å². The summed E-state index contributed by atoms with van der Waals surface area (Å²) in [5.74, 6) is 0. The smallest absolute Gasteiger partial charge is 0.379 e. The van der Waals surface area contributed by atoms with Gasteiger partial charge in [0.25, 0.3) is 0 Å². The maximum Gasteiger partial charge on any atom is 0.416 e. The molecule has 3 rings (SSSR count). The number of nitrogens with one attached hydrogen (secondary N) is 1. The van der Waals surface area contributed by atoms with E-state index < -0.39 is 11.7 Å². The fourth-order valence-electron chi connectivity index (χ4n) is 2.70. The van der Waals surface area contributed by atoms with E-state index in [2.05, 4.69) is 10.3 Å². The standard InChI is InChI=1S/C14H15F3N2OS/c1-20-11-4-2-3-9(11)18-13-19-10-7-8(14(15,16)17)5-6-12(10)21-13/h5-7,9,11H,2-4H2,1H3,(H,18,19). The summed E-state index contributed by atoms with van der Waals surface area (Å²) in [4.78, 5) is 4.27. The highest BCUT2D eigenvalue weighted by molar-refractivity contribution is 7.22. The lowest BCUT2D eigenvalue weighted by molar-refractivity contribution is -0.137. The van der Waals surface area contributed by atoms with E-state index in [-0.39, 0.29) is 12.1 Å². The molecule has 21 heavy (non-hydrogen) atoms. The van der Waals surface area contributed by atoms with E-state index in [0.717, 1.165) is 36.1 Å². The molecule has 0 bridgehead atoms. The van der Waals surface area contributed by atoms with Crippen LogP contribution in [-0.4, -0.2) is 24.2 Å². The zero-order valence-corrected chi connectivity index (χ0v) is 12.2. The maximum absolute atomic E-state index is 12.7. The molecule has 1 saturated carbocycles. The van der Waals surface area contributed by atoms with Crippen LogP contribution in [0.1, 0.15) is 24.8 Å². The van der Waals surface area contributed by atoms with Gasteiger partial charge < -0.3 is 10.1 Å². The largest absolute Gasteiger partial charge is 0.416 e. The van der Waals surface area contributed by atoms with Crippen molar-refractivity contribution in [3.8, 4) is 0 Å². The average molecular weight is 316 g/mol. The van der Waals surface area contributed by atoms with Crippen LogP contribution in [0.5, 0.6) is 0 Å². The van der Waals surface area contributed by atoms with Crippen molar-refractivity contribution in [2.24, 2.45) is 0 Å². The number of ether oxygens (including phenoxy) is 1. The van der Waals surface area contributed by atoms with Gasteiger partial charge in [0.1, 0.15) is 0 Å². The lowest BCUT2D eigenvalue weighted by atomic mass is 10.2. The van der Waals surface area contributed by atoms with Gasteiger partial charge in [0.2, 0.25) is 0 Å². The fraction of sp³-hybridized carbons (Fsp3) is 0.500. The number of halogens is 3. The summed E-state index contributed by atoms with van der Waals surface area (Å²) in [5, 5.41) is 3.94. The molecule has 114 valence electrons. The Morgan fingerprint density at radius 3 is 2.86 bits per heavy atom. The van der Waals surface area contributed by atoms with Crippen LogP contribution in [0, 0.1) is 0 Å². The zero-order valence-electron chi connectivity index (χ0n) is 11.4. The summed E-state index contributed by atoms with van der Waals surface area (Å²) in [6.45, 7) is 0. The molecule has 2 atom stereocenters. The third-order valence-corrected chi connectivity index (χ3v) is 4.75. The summed E-state index contributed by atoms with van der Waals surface area (Å²) in [6, 6.07) is 3.85. The molecule has 1 aliphatic carbocycles. The Bertz CT molecular complexity index is 641. The summed E-state index contributed by atoms with van der Waals surface area (Å²) >= 11 is 1.37. The Morgan fingerprint density at radius 2 is 2.14 bits per heavy atom. The highest BCUT2D eigenvalue weighted by Gasteiger charge is 2.31. The summed E-state index contributed by atoms with van der Waals surface area (Å²) in [7, 11) is 1.68. The molecular formula is C14H15F3N2OS. The molecule has 7 heteroatoms. The molecule has 0 aliphatic heterocycles. The molecule has 1 aliphatic rings. The zero-order chi connectivity index (χ0) is 15.0. The number of anilines is 1. The first-order chi connectivity index (χ1) is 9.97. The quantitative estimate of drug-likeness (QED) is 0.917. The average Bonchev–Trinajstić information content (AvgIpc) is 3.02. The molecular weight excluding hydrogens is 301 g/mol. The first kappa shape index (κ1) is 14.6. The minimum atomic E-state index is -4.34. The van der Waals surface area contributed by atoms with Gasteiger partial charge in [-0.2, -0.15) is 13.2 Å². The molecule has 0 amide bonds. The van der Waals surface area contributed by atoms with Crippen LogP contribution >= 0.6 is 11.3 Å². The second kappa shape index (κ2) is 5.46. The van der Waals surface area contributed by atoms with Crippen LogP contribution in [0.2, 0.25) is 0 Å². The van der Waals surface area contributed by atoms with Crippen molar-refractivity contribution in [2.45, 2.75) is 37.6 Å². The molecule has 3 nitrogen and oxygen atoms in total. The predicted octanol–water partition coefficient (Wildman–Crippen LogP) is 4.29. The summed E-state index contributed by atoms with van der Waals surface area (Å²) in [5.41, 5.74) is -0.285. The van der Waals surface area contributed by atoms with Crippen LogP contribution in [0.4, 0.5) is 18.3 Å². The number of benzene rings is 1. The number of aromatic nitrogens is 1. The number of hydrogen-bond acceptors (Lipinski definition) is 4. The van der Waals surface area contributed by atoms with Crippen LogP contribution in [-0.2, 0) is 10.9 Å².